The van der Waals surface area contributed by atoms with E-state index in [4.69, 9.17) is 4.74 Å². The molecule has 0 unspecified atom stereocenters. The molecule has 0 radical (unpaired) electrons. The van der Waals surface area contributed by atoms with Crippen molar-refractivity contribution in [2.45, 2.75) is 34.6 Å². The fourth-order valence-corrected chi connectivity index (χ4v) is 4.00. The Bertz CT molecular complexity index is 1320. The van der Waals surface area contributed by atoms with Crippen LogP contribution >= 0.6 is 0 Å². The Hall–Kier alpha value is -4.12. The first-order chi connectivity index (χ1) is 16.2. The second-order valence-corrected chi connectivity index (χ2v) is 8.71. The Morgan fingerprint density at radius 2 is 1.15 bits per heavy atom. The minimum Gasteiger partial charge on any atom is -0.508 e. The number of para-hydroxylation sites is 2. The highest BCUT2D eigenvalue weighted by Gasteiger charge is 2.23. The van der Waals surface area contributed by atoms with Crippen molar-refractivity contribution in [3.8, 4) is 28.7 Å². The maximum Gasteiger partial charge on any atom is 0.151 e. The topological polar surface area (TPSA) is 73.2 Å². The van der Waals surface area contributed by atoms with E-state index in [0.29, 0.717) is 22.6 Å². The summed E-state index contributed by atoms with van der Waals surface area (Å²) in [7, 11) is 0. The van der Waals surface area contributed by atoms with Gasteiger partial charge in [0.15, 0.2) is 5.75 Å². The number of hydrogen-bond acceptors (Lipinski definition) is 5. The first kappa shape index (κ1) is 23.1. The van der Waals surface area contributed by atoms with E-state index in [-0.39, 0.29) is 17.2 Å². The van der Waals surface area contributed by atoms with Crippen LogP contribution in [0.3, 0.4) is 0 Å². The van der Waals surface area contributed by atoms with Crippen molar-refractivity contribution in [2.24, 2.45) is 0 Å². The van der Waals surface area contributed by atoms with Crippen LogP contribution in [0.5, 0.6) is 28.7 Å². The van der Waals surface area contributed by atoms with Gasteiger partial charge in [0.1, 0.15) is 23.0 Å². The number of aryl methyl sites for hydroxylation is 3. The van der Waals surface area contributed by atoms with Crippen molar-refractivity contribution in [1.82, 2.24) is 0 Å². The van der Waals surface area contributed by atoms with Gasteiger partial charge in [-0.1, -0.05) is 18.2 Å². The summed E-state index contributed by atoms with van der Waals surface area (Å²) >= 11 is 0. The van der Waals surface area contributed by atoms with Gasteiger partial charge in [-0.15, -0.1) is 0 Å². The van der Waals surface area contributed by atoms with Gasteiger partial charge in [0, 0.05) is 17.2 Å². The molecule has 3 N–H and O–H groups in total. The molecule has 0 saturated carbocycles. The highest BCUT2D eigenvalue weighted by molar-refractivity contribution is 5.85. The number of ether oxygens (including phenoxy) is 1. The number of rotatable bonds is 5. The van der Waals surface area contributed by atoms with Crippen molar-refractivity contribution in [2.75, 3.05) is 4.90 Å². The smallest absolute Gasteiger partial charge is 0.151 e. The molecule has 0 fully saturated rings. The van der Waals surface area contributed by atoms with E-state index in [2.05, 4.69) is 0 Å². The maximum absolute atomic E-state index is 10.6. The summed E-state index contributed by atoms with van der Waals surface area (Å²) in [5.41, 5.74) is 6.24. The van der Waals surface area contributed by atoms with Crippen LogP contribution in [0.2, 0.25) is 0 Å². The van der Waals surface area contributed by atoms with E-state index in [1.165, 1.54) is 0 Å². The average Bonchev–Trinajstić information content (AvgIpc) is 2.78. The van der Waals surface area contributed by atoms with Crippen LogP contribution < -0.4 is 9.64 Å². The van der Waals surface area contributed by atoms with Gasteiger partial charge in [-0.3, -0.25) is 0 Å². The standard InChI is InChI=1S/C29H29NO4/c1-17-12-24(20(4)27(32)14-17)30(25-13-18(2)15-28(33)21(25)5)23-8-6-7-9-29(23)34-22-11-10-19(3)26(31)16-22/h6-16,31-33H,1-5H3. The molecule has 0 aliphatic heterocycles. The molecule has 5 heteroatoms. The molecule has 0 atom stereocenters. The monoisotopic (exact) mass is 455 g/mol. The minimum absolute atomic E-state index is 0.158. The van der Waals surface area contributed by atoms with Crippen LogP contribution in [0.4, 0.5) is 17.1 Å². The van der Waals surface area contributed by atoms with E-state index >= 15 is 0 Å². The third-order valence-corrected chi connectivity index (χ3v) is 5.99. The predicted octanol–water partition coefficient (Wildman–Crippen LogP) is 7.61. The molecular formula is C29H29NO4. The van der Waals surface area contributed by atoms with Gasteiger partial charge >= 0.3 is 0 Å². The predicted molar refractivity (Wildman–Crippen MR) is 136 cm³/mol. The molecule has 0 amide bonds. The Labute approximate surface area is 200 Å². The number of nitrogens with zero attached hydrogens (tertiary/aromatic N) is 1. The van der Waals surface area contributed by atoms with Gasteiger partial charge in [0.05, 0.1) is 17.1 Å². The summed E-state index contributed by atoms with van der Waals surface area (Å²) < 4.78 is 6.24. The lowest BCUT2D eigenvalue weighted by molar-refractivity contribution is 0.452. The molecule has 4 aromatic rings. The van der Waals surface area contributed by atoms with Crippen LogP contribution in [-0.4, -0.2) is 15.3 Å². The van der Waals surface area contributed by atoms with Crippen molar-refractivity contribution < 1.29 is 20.1 Å². The molecule has 4 aromatic carbocycles. The maximum atomic E-state index is 10.6. The Morgan fingerprint density at radius 3 is 1.71 bits per heavy atom. The summed E-state index contributed by atoms with van der Waals surface area (Å²) in [6.07, 6.45) is 0. The zero-order valence-electron chi connectivity index (χ0n) is 20.0. The molecule has 0 aromatic heterocycles. The quantitative estimate of drug-likeness (QED) is 0.289. The van der Waals surface area contributed by atoms with E-state index < -0.39 is 0 Å². The number of anilines is 3. The second-order valence-electron chi connectivity index (χ2n) is 8.71. The van der Waals surface area contributed by atoms with Gasteiger partial charge in [-0.25, -0.2) is 0 Å². The molecular weight excluding hydrogens is 426 g/mol. The first-order valence-electron chi connectivity index (χ1n) is 11.1. The molecule has 0 bridgehead atoms. The molecule has 5 nitrogen and oxygen atoms in total. The number of benzene rings is 4. The number of phenols is 3. The molecule has 0 spiro atoms. The van der Waals surface area contributed by atoms with Crippen molar-refractivity contribution in [3.63, 3.8) is 0 Å². The van der Waals surface area contributed by atoms with Crippen molar-refractivity contribution in [3.05, 3.63) is 94.5 Å². The van der Waals surface area contributed by atoms with Gasteiger partial charge in [0.25, 0.3) is 0 Å². The molecule has 0 aliphatic rings. The fourth-order valence-electron chi connectivity index (χ4n) is 4.00. The van der Waals surface area contributed by atoms with Gasteiger partial charge in [0.2, 0.25) is 0 Å². The average molecular weight is 456 g/mol. The van der Waals surface area contributed by atoms with Crippen LogP contribution in [0.25, 0.3) is 0 Å². The summed E-state index contributed by atoms with van der Waals surface area (Å²) in [6, 6.07) is 20.2. The normalized spacial score (nSPS) is 10.9. The van der Waals surface area contributed by atoms with E-state index in [1.54, 1.807) is 24.3 Å². The zero-order chi connectivity index (χ0) is 24.6. The summed E-state index contributed by atoms with van der Waals surface area (Å²) in [6.45, 7) is 9.42. The Kier molecular flexibility index (Phi) is 6.12. The lowest BCUT2D eigenvalue weighted by Gasteiger charge is -2.31. The van der Waals surface area contributed by atoms with Gasteiger partial charge < -0.3 is 25.0 Å². The zero-order valence-corrected chi connectivity index (χ0v) is 20.0. The minimum atomic E-state index is 0.158. The van der Waals surface area contributed by atoms with Crippen molar-refractivity contribution >= 4 is 17.1 Å². The molecule has 0 saturated heterocycles. The summed E-state index contributed by atoms with van der Waals surface area (Å²) in [5, 5.41) is 31.4. The lowest BCUT2D eigenvalue weighted by Crippen LogP contribution is -2.14. The molecule has 0 aliphatic carbocycles. The largest absolute Gasteiger partial charge is 0.508 e. The van der Waals surface area contributed by atoms with Crippen LogP contribution in [-0.2, 0) is 0 Å². The summed E-state index contributed by atoms with van der Waals surface area (Å²) in [4.78, 5) is 1.99. The van der Waals surface area contributed by atoms with E-state index in [1.807, 2.05) is 82.0 Å². The Morgan fingerprint density at radius 1 is 0.588 bits per heavy atom. The second kappa shape index (κ2) is 9.02. The van der Waals surface area contributed by atoms with Gasteiger partial charge in [-0.2, -0.15) is 0 Å². The third kappa shape index (κ3) is 4.37. The highest BCUT2D eigenvalue weighted by atomic mass is 16.5. The highest BCUT2D eigenvalue weighted by Crippen LogP contribution is 2.47. The number of phenolic OH excluding ortho intramolecular Hbond substituents is 3. The summed E-state index contributed by atoms with van der Waals surface area (Å²) in [5.74, 6) is 1.60. The lowest BCUT2D eigenvalue weighted by atomic mass is 10.0. The van der Waals surface area contributed by atoms with Gasteiger partial charge in [-0.05, 0) is 93.8 Å². The molecule has 0 heterocycles. The van der Waals surface area contributed by atoms with E-state index in [9.17, 15) is 15.3 Å². The van der Waals surface area contributed by atoms with Crippen LogP contribution in [0.1, 0.15) is 27.8 Å². The third-order valence-electron chi connectivity index (χ3n) is 5.99. The Balaban J connectivity index is 1.97. The molecule has 4 rings (SSSR count). The number of aromatic hydroxyl groups is 3. The SMILES string of the molecule is Cc1cc(O)c(C)c(N(c2ccccc2Oc2ccc(C)c(O)c2)c2cc(C)cc(O)c2C)c1. The van der Waals surface area contributed by atoms with Crippen LogP contribution in [0, 0.1) is 34.6 Å². The fraction of sp³-hybridized carbons (Fsp3) is 0.172. The molecule has 174 valence electrons. The number of hydrogen-bond donors (Lipinski definition) is 3. The van der Waals surface area contributed by atoms with Crippen LogP contribution in [0.15, 0.2) is 66.7 Å². The van der Waals surface area contributed by atoms with E-state index in [0.717, 1.165) is 33.8 Å². The van der Waals surface area contributed by atoms with Crippen molar-refractivity contribution in [1.29, 1.82) is 0 Å². The first-order valence-corrected chi connectivity index (χ1v) is 11.1. The molecule has 34 heavy (non-hydrogen) atoms.